The van der Waals surface area contributed by atoms with Gasteiger partial charge in [-0.05, 0) is 45.2 Å². The van der Waals surface area contributed by atoms with Crippen molar-refractivity contribution in [2.45, 2.75) is 57.5 Å². The normalized spacial score (nSPS) is 23.6. The van der Waals surface area contributed by atoms with Gasteiger partial charge in [0.1, 0.15) is 0 Å². The lowest BCUT2D eigenvalue weighted by atomic mass is 10.2. The number of amides is 1. The summed E-state index contributed by atoms with van der Waals surface area (Å²) in [6.07, 6.45) is 6.76. The summed E-state index contributed by atoms with van der Waals surface area (Å²) in [4.78, 5) is 14.1. The van der Waals surface area contributed by atoms with E-state index in [9.17, 15) is 4.79 Å². The first-order valence-electron chi connectivity index (χ1n) is 7.53. The summed E-state index contributed by atoms with van der Waals surface area (Å²) in [6.45, 7) is 6.48. The van der Waals surface area contributed by atoms with Gasteiger partial charge in [-0.1, -0.05) is 6.92 Å². The van der Waals surface area contributed by atoms with E-state index in [1.165, 1.54) is 25.7 Å². The number of carbonyl (C=O) groups excluding carboxylic acids is 1. The Morgan fingerprint density at radius 2 is 2.17 bits per heavy atom. The molecule has 0 bridgehead atoms. The van der Waals surface area contributed by atoms with Crippen LogP contribution in [0.3, 0.4) is 0 Å². The highest BCUT2D eigenvalue weighted by atomic mass is 16.1. The van der Waals surface area contributed by atoms with Gasteiger partial charge >= 0.3 is 0 Å². The topological polar surface area (TPSA) is 44.4 Å². The molecule has 1 atom stereocenters. The quantitative estimate of drug-likeness (QED) is 0.681. The third-order valence-electron chi connectivity index (χ3n) is 3.78. The summed E-state index contributed by atoms with van der Waals surface area (Å²) in [5.41, 5.74) is 0. The molecule has 0 aromatic carbocycles. The molecule has 1 heterocycles. The molecule has 4 heteroatoms. The van der Waals surface area contributed by atoms with Crippen LogP contribution in [0.5, 0.6) is 0 Å². The van der Waals surface area contributed by atoms with Crippen molar-refractivity contribution in [2.75, 3.05) is 26.2 Å². The van der Waals surface area contributed by atoms with E-state index in [-0.39, 0.29) is 5.91 Å². The molecular formula is C14H27N3O. The van der Waals surface area contributed by atoms with Gasteiger partial charge < -0.3 is 15.5 Å². The Labute approximate surface area is 110 Å². The van der Waals surface area contributed by atoms with E-state index >= 15 is 0 Å². The van der Waals surface area contributed by atoms with Crippen LogP contribution in [-0.4, -0.2) is 49.1 Å². The van der Waals surface area contributed by atoms with E-state index in [1.807, 2.05) is 0 Å². The van der Waals surface area contributed by atoms with Gasteiger partial charge in [-0.2, -0.15) is 0 Å². The molecule has 1 unspecified atom stereocenters. The van der Waals surface area contributed by atoms with Gasteiger partial charge in [-0.15, -0.1) is 0 Å². The highest BCUT2D eigenvalue weighted by Gasteiger charge is 2.23. The molecular weight excluding hydrogens is 226 g/mol. The highest BCUT2D eigenvalue weighted by molar-refractivity contribution is 5.76. The second-order valence-corrected chi connectivity index (χ2v) is 5.69. The lowest BCUT2D eigenvalue weighted by molar-refractivity contribution is -0.121. The zero-order valence-electron chi connectivity index (χ0n) is 11.6. The molecule has 1 saturated heterocycles. The molecule has 0 aromatic rings. The number of carbonyl (C=O) groups is 1. The van der Waals surface area contributed by atoms with Crippen molar-refractivity contribution >= 4 is 5.91 Å². The van der Waals surface area contributed by atoms with Crippen molar-refractivity contribution in [3.63, 3.8) is 0 Å². The second-order valence-electron chi connectivity index (χ2n) is 5.69. The van der Waals surface area contributed by atoms with Gasteiger partial charge in [0.05, 0.1) is 0 Å². The molecule has 4 nitrogen and oxygen atoms in total. The van der Waals surface area contributed by atoms with Gasteiger partial charge in [-0.3, -0.25) is 4.79 Å². The summed E-state index contributed by atoms with van der Waals surface area (Å²) in [6, 6.07) is 1.14. The lowest BCUT2D eigenvalue weighted by Gasteiger charge is -2.25. The van der Waals surface area contributed by atoms with E-state index < -0.39 is 0 Å². The van der Waals surface area contributed by atoms with E-state index in [1.54, 1.807) is 0 Å². The molecule has 1 saturated carbocycles. The Hall–Kier alpha value is -0.610. The maximum Gasteiger partial charge on any atom is 0.221 e. The molecule has 18 heavy (non-hydrogen) atoms. The molecule has 104 valence electrons. The number of hydrogen-bond acceptors (Lipinski definition) is 3. The van der Waals surface area contributed by atoms with Crippen LogP contribution in [0.25, 0.3) is 0 Å². The van der Waals surface area contributed by atoms with Crippen molar-refractivity contribution in [3.8, 4) is 0 Å². The van der Waals surface area contributed by atoms with Crippen molar-refractivity contribution in [1.82, 2.24) is 15.5 Å². The minimum absolute atomic E-state index is 0.234. The summed E-state index contributed by atoms with van der Waals surface area (Å²) in [5, 5.41) is 6.60. The summed E-state index contributed by atoms with van der Waals surface area (Å²) >= 11 is 0. The zero-order chi connectivity index (χ0) is 12.8. The first-order chi connectivity index (χ1) is 8.78. The van der Waals surface area contributed by atoms with Crippen molar-refractivity contribution in [3.05, 3.63) is 0 Å². The Balaban J connectivity index is 1.65. The fourth-order valence-corrected chi connectivity index (χ4v) is 2.62. The summed E-state index contributed by atoms with van der Waals surface area (Å²) in [7, 11) is 0. The van der Waals surface area contributed by atoms with Crippen molar-refractivity contribution in [2.24, 2.45) is 0 Å². The molecule has 2 N–H and O–H groups in total. The van der Waals surface area contributed by atoms with Crippen LogP contribution in [0.15, 0.2) is 0 Å². The molecule has 0 aromatic heterocycles. The van der Waals surface area contributed by atoms with E-state index in [0.717, 1.165) is 32.6 Å². The van der Waals surface area contributed by atoms with Crippen LogP contribution in [-0.2, 0) is 4.79 Å². The molecule has 0 radical (unpaired) electrons. The second kappa shape index (κ2) is 7.10. The van der Waals surface area contributed by atoms with Gasteiger partial charge in [0.15, 0.2) is 0 Å². The SMILES string of the molecule is CCCN(CCC(=O)NC1CC1)CC1CCCN1. The fraction of sp³-hybridized carbons (Fsp3) is 0.929. The molecule has 0 spiro atoms. The summed E-state index contributed by atoms with van der Waals surface area (Å²) < 4.78 is 0. The Bertz CT molecular complexity index is 260. The Morgan fingerprint density at radius 3 is 2.78 bits per heavy atom. The standard InChI is InChI=1S/C14H27N3O/c1-2-9-17(11-13-4-3-8-15-13)10-7-14(18)16-12-5-6-12/h12-13,15H,2-11H2,1H3,(H,16,18). The molecule has 2 aliphatic rings. The minimum Gasteiger partial charge on any atom is -0.353 e. The number of nitrogens with zero attached hydrogens (tertiary/aromatic N) is 1. The number of hydrogen-bond donors (Lipinski definition) is 2. The van der Waals surface area contributed by atoms with E-state index in [2.05, 4.69) is 22.5 Å². The monoisotopic (exact) mass is 253 g/mol. The van der Waals surface area contributed by atoms with Gasteiger partial charge in [0.2, 0.25) is 5.91 Å². The van der Waals surface area contributed by atoms with Gasteiger partial charge in [0, 0.05) is 31.6 Å². The third kappa shape index (κ3) is 4.94. The predicted octanol–water partition coefficient (Wildman–Crippen LogP) is 1.12. The summed E-state index contributed by atoms with van der Waals surface area (Å²) in [5.74, 6) is 0.234. The average molecular weight is 253 g/mol. The molecule has 1 aliphatic heterocycles. The predicted molar refractivity (Wildman–Crippen MR) is 73.5 cm³/mol. The smallest absolute Gasteiger partial charge is 0.221 e. The minimum atomic E-state index is 0.234. The first-order valence-corrected chi connectivity index (χ1v) is 7.53. The van der Waals surface area contributed by atoms with Gasteiger partial charge in [0.25, 0.3) is 0 Å². The molecule has 1 aliphatic carbocycles. The third-order valence-corrected chi connectivity index (χ3v) is 3.78. The van der Waals surface area contributed by atoms with Crippen LogP contribution in [0.4, 0.5) is 0 Å². The van der Waals surface area contributed by atoms with Gasteiger partial charge in [-0.25, -0.2) is 0 Å². The molecule has 2 fully saturated rings. The Kier molecular flexibility index (Phi) is 5.45. The maximum atomic E-state index is 11.7. The number of rotatable bonds is 8. The van der Waals surface area contributed by atoms with E-state index in [4.69, 9.17) is 0 Å². The highest BCUT2D eigenvalue weighted by Crippen LogP contribution is 2.18. The van der Waals surface area contributed by atoms with Crippen LogP contribution >= 0.6 is 0 Å². The van der Waals surface area contributed by atoms with Crippen molar-refractivity contribution in [1.29, 1.82) is 0 Å². The lowest BCUT2D eigenvalue weighted by Crippen LogP contribution is -2.40. The zero-order valence-corrected chi connectivity index (χ0v) is 11.6. The van der Waals surface area contributed by atoms with Crippen LogP contribution in [0.2, 0.25) is 0 Å². The largest absolute Gasteiger partial charge is 0.353 e. The average Bonchev–Trinajstić information content (AvgIpc) is 3.01. The first kappa shape index (κ1) is 13.8. The van der Waals surface area contributed by atoms with Crippen LogP contribution < -0.4 is 10.6 Å². The molecule has 1 amide bonds. The Morgan fingerprint density at radius 1 is 1.33 bits per heavy atom. The van der Waals surface area contributed by atoms with Crippen molar-refractivity contribution < 1.29 is 4.79 Å². The van der Waals surface area contributed by atoms with Crippen LogP contribution in [0.1, 0.15) is 45.4 Å². The van der Waals surface area contributed by atoms with E-state index in [0.29, 0.717) is 18.5 Å². The number of nitrogens with one attached hydrogen (secondary N) is 2. The van der Waals surface area contributed by atoms with Crippen LogP contribution in [0, 0.1) is 0 Å². The fourth-order valence-electron chi connectivity index (χ4n) is 2.62. The molecule has 2 rings (SSSR count). The maximum absolute atomic E-state index is 11.7.